The van der Waals surface area contributed by atoms with Crippen LogP contribution in [0.25, 0.3) is 0 Å². The van der Waals surface area contributed by atoms with Crippen molar-refractivity contribution in [3.05, 3.63) is 24.9 Å². The normalized spacial score (nSPS) is 32.0. The van der Waals surface area contributed by atoms with Crippen molar-refractivity contribution in [2.24, 2.45) is 5.41 Å². The van der Waals surface area contributed by atoms with Gasteiger partial charge in [-0.3, -0.25) is 0 Å². The summed E-state index contributed by atoms with van der Waals surface area (Å²) in [7, 11) is 0. The number of halogens is 1. The predicted molar refractivity (Wildman–Crippen MR) is 77.3 cm³/mol. The summed E-state index contributed by atoms with van der Waals surface area (Å²) in [6.45, 7) is 15.9. The predicted octanol–water partition coefficient (Wildman–Crippen LogP) is 4.71. The zero-order chi connectivity index (χ0) is 13.8. The molecule has 0 unspecified atom stereocenters. The van der Waals surface area contributed by atoms with E-state index in [0.717, 1.165) is 32.4 Å². The summed E-state index contributed by atoms with van der Waals surface area (Å²) in [5.74, 6) is 0. The summed E-state index contributed by atoms with van der Waals surface area (Å²) in [6.07, 6.45) is 6.19. The second kappa shape index (κ2) is 5.90. The molecule has 104 valence electrons. The number of nitrogens with zero attached hydrogens (tertiary/aromatic N) is 1. The highest BCUT2D eigenvalue weighted by atomic mass is 19.1. The third-order valence-electron chi connectivity index (χ3n) is 4.27. The van der Waals surface area contributed by atoms with Crippen molar-refractivity contribution in [3.63, 3.8) is 0 Å². The van der Waals surface area contributed by atoms with Crippen LogP contribution in [0.1, 0.15) is 52.9 Å². The molecule has 0 saturated heterocycles. The summed E-state index contributed by atoms with van der Waals surface area (Å²) in [6, 6.07) is 0. The van der Waals surface area contributed by atoms with E-state index >= 15 is 0 Å². The van der Waals surface area contributed by atoms with Crippen molar-refractivity contribution in [1.29, 1.82) is 0 Å². The molecule has 0 radical (unpaired) electrons. The van der Waals surface area contributed by atoms with E-state index in [4.69, 9.17) is 0 Å². The largest absolute Gasteiger partial charge is 0.373 e. The van der Waals surface area contributed by atoms with E-state index in [1.54, 1.807) is 6.92 Å². The van der Waals surface area contributed by atoms with E-state index in [2.05, 4.69) is 31.9 Å². The van der Waals surface area contributed by atoms with Crippen LogP contribution in [0.3, 0.4) is 0 Å². The molecule has 0 atom stereocenters. The summed E-state index contributed by atoms with van der Waals surface area (Å²) in [4.78, 5) is 2.23. The van der Waals surface area contributed by atoms with E-state index in [1.807, 2.05) is 6.20 Å². The zero-order valence-corrected chi connectivity index (χ0v) is 12.3. The Kier molecular flexibility index (Phi) is 5.01. The Bertz CT molecular complexity index is 296. The van der Waals surface area contributed by atoms with Gasteiger partial charge in [0.05, 0.1) is 0 Å². The van der Waals surface area contributed by atoms with Gasteiger partial charge in [0.25, 0.3) is 0 Å². The van der Waals surface area contributed by atoms with Crippen LogP contribution in [-0.4, -0.2) is 23.7 Å². The lowest BCUT2D eigenvalue weighted by atomic mass is 9.71. The second-order valence-electron chi connectivity index (χ2n) is 6.42. The second-order valence-corrected chi connectivity index (χ2v) is 6.42. The monoisotopic (exact) mass is 253 g/mol. The number of hydrogen-bond acceptors (Lipinski definition) is 1. The number of hydrogen-bond donors (Lipinski definition) is 0. The van der Waals surface area contributed by atoms with Crippen LogP contribution in [0.2, 0.25) is 0 Å². The fraction of sp³-hybridized carbons (Fsp3) is 0.750. The van der Waals surface area contributed by atoms with E-state index in [0.29, 0.717) is 12.8 Å². The standard InChI is InChI=1S/C16H28FN/c1-6-14(3)12-18(7-2)13-15(4)8-10-16(5,17)11-9-15/h7H,2-3,6,8-13H2,1,4-5H3. The van der Waals surface area contributed by atoms with E-state index in [1.165, 1.54) is 5.57 Å². The summed E-state index contributed by atoms with van der Waals surface area (Å²) in [5, 5.41) is 0. The molecular weight excluding hydrogens is 225 g/mol. The first-order valence-electron chi connectivity index (χ1n) is 7.02. The van der Waals surface area contributed by atoms with Gasteiger partial charge in [0.2, 0.25) is 0 Å². The summed E-state index contributed by atoms with van der Waals surface area (Å²) in [5.41, 5.74) is 0.490. The highest BCUT2D eigenvalue weighted by Crippen LogP contribution is 2.42. The Hall–Kier alpha value is -0.790. The third kappa shape index (κ3) is 4.47. The van der Waals surface area contributed by atoms with E-state index in [-0.39, 0.29) is 5.41 Å². The maximum atomic E-state index is 13.9. The van der Waals surface area contributed by atoms with Crippen LogP contribution < -0.4 is 0 Å². The molecule has 1 aliphatic rings. The van der Waals surface area contributed by atoms with Gasteiger partial charge in [0, 0.05) is 13.1 Å². The van der Waals surface area contributed by atoms with Gasteiger partial charge >= 0.3 is 0 Å². The molecule has 1 saturated carbocycles. The zero-order valence-electron chi connectivity index (χ0n) is 12.3. The van der Waals surface area contributed by atoms with Crippen molar-refractivity contribution >= 4 is 0 Å². The lowest BCUT2D eigenvalue weighted by Crippen LogP contribution is -2.39. The molecule has 18 heavy (non-hydrogen) atoms. The third-order valence-corrected chi connectivity index (χ3v) is 4.27. The number of rotatable bonds is 6. The van der Waals surface area contributed by atoms with Gasteiger partial charge in [-0.25, -0.2) is 4.39 Å². The minimum absolute atomic E-state index is 0.216. The van der Waals surface area contributed by atoms with Gasteiger partial charge in [0.1, 0.15) is 5.67 Å². The van der Waals surface area contributed by atoms with Crippen molar-refractivity contribution in [2.75, 3.05) is 13.1 Å². The van der Waals surface area contributed by atoms with Gasteiger partial charge in [-0.1, -0.05) is 32.6 Å². The molecule has 0 aliphatic heterocycles. The van der Waals surface area contributed by atoms with E-state index in [9.17, 15) is 4.39 Å². The lowest BCUT2D eigenvalue weighted by molar-refractivity contribution is 0.0477. The van der Waals surface area contributed by atoms with Gasteiger partial charge in [-0.15, -0.1) is 0 Å². The highest BCUT2D eigenvalue weighted by Gasteiger charge is 2.38. The number of alkyl halides is 1. The lowest BCUT2D eigenvalue weighted by Gasteiger charge is -2.42. The van der Waals surface area contributed by atoms with Gasteiger partial charge in [-0.2, -0.15) is 0 Å². The van der Waals surface area contributed by atoms with Gasteiger partial charge in [-0.05, 0) is 50.6 Å². The van der Waals surface area contributed by atoms with Crippen molar-refractivity contribution in [2.45, 2.75) is 58.5 Å². The first-order valence-corrected chi connectivity index (χ1v) is 7.02. The van der Waals surface area contributed by atoms with E-state index < -0.39 is 5.67 Å². The molecule has 2 heteroatoms. The fourth-order valence-corrected chi connectivity index (χ4v) is 2.61. The topological polar surface area (TPSA) is 3.24 Å². The van der Waals surface area contributed by atoms with Gasteiger partial charge in [0.15, 0.2) is 0 Å². The molecule has 1 nitrogen and oxygen atoms in total. The van der Waals surface area contributed by atoms with Crippen molar-refractivity contribution in [3.8, 4) is 0 Å². The average molecular weight is 253 g/mol. The maximum Gasteiger partial charge on any atom is 0.108 e. The molecule has 1 rings (SSSR count). The van der Waals surface area contributed by atoms with Gasteiger partial charge < -0.3 is 4.90 Å². The Morgan fingerprint density at radius 3 is 2.28 bits per heavy atom. The van der Waals surface area contributed by atoms with Crippen LogP contribution in [0.5, 0.6) is 0 Å². The Balaban J connectivity index is 2.54. The first kappa shape index (κ1) is 15.3. The molecule has 0 heterocycles. The Labute approximate surface area is 112 Å². The minimum Gasteiger partial charge on any atom is -0.373 e. The Morgan fingerprint density at radius 1 is 1.28 bits per heavy atom. The minimum atomic E-state index is -0.953. The van der Waals surface area contributed by atoms with Crippen LogP contribution in [0.15, 0.2) is 24.9 Å². The van der Waals surface area contributed by atoms with Crippen LogP contribution in [-0.2, 0) is 0 Å². The molecule has 0 N–H and O–H groups in total. The molecule has 0 aromatic heterocycles. The summed E-state index contributed by atoms with van der Waals surface area (Å²) >= 11 is 0. The Morgan fingerprint density at radius 2 is 1.83 bits per heavy atom. The smallest absolute Gasteiger partial charge is 0.108 e. The molecule has 0 amide bonds. The molecular formula is C16H28FN. The fourth-order valence-electron chi connectivity index (χ4n) is 2.61. The van der Waals surface area contributed by atoms with Crippen LogP contribution in [0, 0.1) is 5.41 Å². The molecule has 0 bridgehead atoms. The SMILES string of the molecule is C=CN(CC(=C)CC)CC1(C)CCC(C)(F)CC1. The van der Waals surface area contributed by atoms with Crippen LogP contribution >= 0.6 is 0 Å². The molecule has 0 aromatic rings. The maximum absolute atomic E-state index is 13.9. The molecule has 0 aromatic carbocycles. The molecule has 1 fully saturated rings. The van der Waals surface area contributed by atoms with Crippen LogP contribution in [0.4, 0.5) is 4.39 Å². The molecule has 1 aliphatic carbocycles. The average Bonchev–Trinajstić information content (AvgIpc) is 2.32. The quantitative estimate of drug-likeness (QED) is 0.620. The van der Waals surface area contributed by atoms with Crippen molar-refractivity contribution in [1.82, 2.24) is 4.90 Å². The highest BCUT2D eigenvalue weighted by molar-refractivity contribution is 5.00. The molecule has 0 spiro atoms. The first-order chi connectivity index (χ1) is 8.30. The summed E-state index contributed by atoms with van der Waals surface area (Å²) < 4.78 is 13.9. The van der Waals surface area contributed by atoms with Crippen molar-refractivity contribution < 1.29 is 4.39 Å².